The minimum atomic E-state index is -0.465. The maximum absolute atomic E-state index is 10.8. The highest BCUT2D eigenvalue weighted by molar-refractivity contribution is 6.30. The third-order valence-electron chi connectivity index (χ3n) is 4.61. The second kappa shape index (κ2) is 7.91. The van der Waals surface area contributed by atoms with E-state index in [1.54, 1.807) is 6.20 Å². The molecule has 0 saturated carbocycles. The van der Waals surface area contributed by atoms with E-state index in [9.17, 15) is 5.11 Å². The van der Waals surface area contributed by atoms with Crippen molar-refractivity contribution in [1.29, 1.82) is 0 Å². The molecule has 3 rings (SSSR count). The Bertz CT molecular complexity index is 641. The first-order valence-electron chi connectivity index (χ1n) is 8.31. The molecule has 0 aliphatic carbocycles. The second-order valence-electron chi connectivity index (χ2n) is 6.21. The van der Waals surface area contributed by atoms with Gasteiger partial charge >= 0.3 is 0 Å². The number of nitrogens with zero attached hydrogens (tertiary/aromatic N) is 1. The molecular formula is C19H23ClN2O. The summed E-state index contributed by atoms with van der Waals surface area (Å²) in [6.07, 6.45) is 5.09. The number of rotatable bonds is 5. The summed E-state index contributed by atoms with van der Waals surface area (Å²) in [6.45, 7) is 1.96. The minimum Gasteiger partial charge on any atom is -0.387 e. The number of aliphatic hydroxyl groups is 1. The van der Waals surface area contributed by atoms with Crippen molar-refractivity contribution in [2.75, 3.05) is 13.1 Å². The molecule has 1 aromatic carbocycles. The second-order valence-corrected chi connectivity index (χ2v) is 6.65. The summed E-state index contributed by atoms with van der Waals surface area (Å²) in [5.74, 6) is 0.302. The van der Waals surface area contributed by atoms with Gasteiger partial charge in [-0.15, -0.1) is 0 Å². The molecule has 1 aliphatic heterocycles. The predicted molar refractivity (Wildman–Crippen MR) is 93.7 cm³/mol. The van der Waals surface area contributed by atoms with Crippen LogP contribution in [-0.2, 0) is 12.8 Å². The zero-order valence-corrected chi connectivity index (χ0v) is 14.0. The van der Waals surface area contributed by atoms with Gasteiger partial charge in [0.25, 0.3) is 0 Å². The summed E-state index contributed by atoms with van der Waals surface area (Å²) >= 11 is 6.05. The maximum atomic E-state index is 10.8. The van der Waals surface area contributed by atoms with Gasteiger partial charge in [0.1, 0.15) is 0 Å². The number of aliphatic hydroxyl groups excluding tert-OH is 1. The average molecular weight is 331 g/mol. The van der Waals surface area contributed by atoms with Gasteiger partial charge in [-0.3, -0.25) is 4.98 Å². The number of aromatic nitrogens is 1. The Morgan fingerprint density at radius 2 is 2.00 bits per heavy atom. The van der Waals surface area contributed by atoms with E-state index in [4.69, 9.17) is 11.6 Å². The Hall–Kier alpha value is -1.42. The summed E-state index contributed by atoms with van der Waals surface area (Å²) < 4.78 is 0. The number of hydrogen-bond donors (Lipinski definition) is 2. The van der Waals surface area contributed by atoms with E-state index in [0.29, 0.717) is 5.92 Å². The molecule has 2 N–H and O–H groups in total. The summed E-state index contributed by atoms with van der Waals surface area (Å²) in [6, 6.07) is 12.0. The molecule has 1 saturated heterocycles. The monoisotopic (exact) mass is 330 g/mol. The maximum Gasteiger partial charge on any atom is 0.0991 e. The highest BCUT2D eigenvalue weighted by Crippen LogP contribution is 2.30. The van der Waals surface area contributed by atoms with E-state index in [1.165, 1.54) is 5.56 Å². The van der Waals surface area contributed by atoms with Crippen LogP contribution in [0.4, 0.5) is 0 Å². The third kappa shape index (κ3) is 4.31. The van der Waals surface area contributed by atoms with Gasteiger partial charge in [0.2, 0.25) is 0 Å². The summed E-state index contributed by atoms with van der Waals surface area (Å²) in [5, 5.41) is 14.9. The molecule has 1 aliphatic rings. The molecule has 4 heteroatoms. The molecule has 122 valence electrons. The molecule has 2 heterocycles. The van der Waals surface area contributed by atoms with E-state index in [2.05, 4.69) is 22.4 Å². The molecular weight excluding hydrogens is 308 g/mol. The summed E-state index contributed by atoms with van der Waals surface area (Å²) in [7, 11) is 0. The number of halogens is 1. The number of aryl methyl sites for hydroxylation is 2. The average Bonchev–Trinajstić information content (AvgIpc) is 2.60. The van der Waals surface area contributed by atoms with Gasteiger partial charge in [0.15, 0.2) is 0 Å². The van der Waals surface area contributed by atoms with Crippen molar-refractivity contribution in [3.8, 4) is 0 Å². The molecule has 0 spiro atoms. The fraction of sp³-hybridized carbons (Fsp3) is 0.421. The van der Waals surface area contributed by atoms with Crippen LogP contribution in [0.3, 0.4) is 0 Å². The van der Waals surface area contributed by atoms with Gasteiger partial charge < -0.3 is 10.4 Å². The molecule has 3 nitrogen and oxygen atoms in total. The van der Waals surface area contributed by atoms with Crippen molar-refractivity contribution in [3.05, 3.63) is 64.4 Å². The smallest absolute Gasteiger partial charge is 0.0991 e. The summed E-state index contributed by atoms with van der Waals surface area (Å²) in [5.41, 5.74) is 3.20. The summed E-state index contributed by atoms with van der Waals surface area (Å²) in [4.78, 5) is 4.49. The van der Waals surface area contributed by atoms with Gasteiger partial charge in [-0.2, -0.15) is 0 Å². The molecule has 0 radical (unpaired) electrons. The topological polar surface area (TPSA) is 45.2 Å². The normalized spacial score (nSPS) is 17.1. The Labute approximate surface area is 142 Å². The van der Waals surface area contributed by atoms with Gasteiger partial charge in [-0.25, -0.2) is 0 Å². The molecule has 23 heavy (non-hydrogen) atoms. The standard InChI is InChI=1S/C19H23ClN2O/c20-17-5-1-3-14(13-17)6-7-15-4-2-10-22-18(15)19(23)16-8-11-21-12-9-16/h1-5,10,13,16,19,21,23H,6-9,11-12H2. The highest BCUT2D eigenvalue weighted by Gasteiger charge is 2.25. The zero-order valence-electron chi connectivity index (χ0n) is 13.2. The lowest BCUT2D eigenvalue weighted by atomic mass is 9.88. The van der Waals surface area contributed by atoms with Gasteiger partial charge in [-0.1, -0.05) is 29.8 Å². The Morgan fingerprint density at radius 3 is 2.78 bits per heavy atom. The molecule has 1 atom stereocenters. The van der Waals surface area contributed by atoms with E-state index in [1.807, 2.05) is 24.3 Å². The van der Waals surface area contributed by atoms with Crippen molar-refractivity contribution in [2.24, 2.45) is 5.92 Å². The van der Waals surface area contributed by atoms with Crippen LogP contribution in [0, 0.1) is 5.92 Å². The molecule has 2 aromatic rings. The van der Waals surface area contributed by atoms with E-state index >= 15 is 0 Å². The van der Waals surface area contributed by atoms with Crippen LogP contribution in [0.2, 0.25) is 5.02 Å². The number of pyridine rings is 1. The lowest BCUT2D eigenvalue weighted by Crippen LogP contribution is -2.31. The van der Waals surface area contributed by atoms with Gasteiger partial charge in [-0.05, 0) is 74.0 Å². The number of benzene rings is 1. The van der Waals surface area contributed by atoms with E-state index in [0.717, 1.165) is 55.1 Å². The van der Waals surface area contributed by atoms with Crippen LogP contribution >= 0.6 is 11.6 Å². The molecule has 1 unspecified atom stereocenters. The third-order valence-corrected chi connectivity index (χ3v) is 4.84. The van der Waals surface area contributed by atoms with Crippen LogP contribution in [0.25, 0.3) is 0 Å². The minimum absolute atomic E-state index is 0.302. The molecule has 0 bridgehead atoms. The molecule has 0 amide bonds. The van der Waals surface area contributed by atoms with E-state index < -0.39 is 6.10 Å². The fourth-order valence-corrected chi connectivity index (χ4v) is 3.50. The van der Waals surface area contributed by atoms with Crippen molar-refractivity contribution in [2.45, 2.75) is 31.8 Å². The quantitative estimate of drug-likeness (QED) is 0.881. The fourth-order valence-electron chi connectivity index (χ4n) is 3.28. The Balaban J connectivity index is 1.72. The first-order chi connectivity index (χ1) is 11.2. The van der Waals surface area contributed by atoms with Crippen LogP contribution in [-0.4, -0.2) is 23.2 Å². The Kier molecular flexibility index (Phi) is 5.65. The van der Waals surface area contributed by atoms with Crippen LogP contribution < -0.4 is 5.32 Å². The number of nitrogens with one attached hydrogen (secondary N) is 1. The van der Waals surface area contributed by atoms with Crippen LogP contribution in [0.5, 0.6) is 0 Å². The predicted octanol–water partition coefficient (Wildman–Crippen LogP) is 3.55. The van der Waals surface area contributed by atoms with Gasteiger partial charge in [0, 0.05) is 11.2 Å². The van der Waals surface area contributed by atoms with Crippen LogP contribution in [0.1, 0.15) is 35.8 Å². The first kappa shape index (κ1) is 16.4. The lowest BCUT2D eigenvalue weighted by molar-refractivity contribution is 0.0843. The molecule has 1 fully saturated rings. The first-order valence-corrected chi connectivity index (χ1v) is 8.69. The van der Waals surface area contributed by atoms with E-state index in [-0.39, 0.29) is 0 Å². The van der Waals surface area contributed by atoms with Crippen molar-refractivity contribution in [1.82, 2.24) is 10.3 Å². The molecule has 1 aromatic heterocycles. The van der Waals surface area contributed by atoms with Crippen molar-refractivity contribution < 1.29 is 5.11 Å². The van der Waals surface area contributed by atoms with Gasteiger partial charge in [0.05, 0.1) is 11.8 Å². The SMILES string of the molecule is OC(c1ncccc1CCc1cccc(Cl)c1)C1CCNCC1. The van der Waals surface area contributed by atoms with Crippen molar-refractivity contribution >= 4 is 11.6 Å². The largest absolute Gasteiger partial charge is 0.387 e. The number of piperidine rings is 1. The lowest BCUT2D eigenvalue weighted by Gasteiger charge is -2.28. The number of hydrogen-bond acceptors (Lipinski definition) is 3. The van der Waals surface area contributed by atoms with Crippen LogP contribution in [0.15, 0.2) is 42.6 Å². The Morgan fingerprint density at radius 1 is 1.17 bits per heavy atom. The van der Waals surface area contributed by atoms with Crippen molar-refractivity contribution in [3.63, 3.8) is 0 Å². The highest BCUT2D eigenvalue weighted by atomic mass is 35.5. The zero-order chi connectivity index (χ0) is 16.1.